The molecule has 0 aliphatic carbocycles. The second kappa shape index (κ2) is 7.67. The van der Waals surface area contributed by atoms with E-state index in [2.05, 4.69) is 63.5 Å². The number of benzene rings is 1. The minimum Gasteiger partial charge on any atom is -0.465 e. The number of aromatic nitrogens is 1. The average molecular weight is 431 g/mol. The number of thiazole rings is 1. The first-order valence-corrected chi connectivity index (χ1v) is 10.8. The molecular weight excluding hydrogens is 408 g/mol. The van der Waals surface area contributed by atoms with Crippen molar-refractivity contribution in [1.29, 1.82) is 0 Å². The van der Waals surface area contributed by atoms with Crippen LogP contribution in [0.2, 0.25) is 0 Å². The van der Waals surface area contributed by atoms with Crippen LogP contribution in [0.15, 0.2) is 44.6 Å². The van der Waals surface area contributed by atoms with E-state index in [1.807, 2.05) is 6.92 Å². The summed E-state index contributed by atoms with van der Waals surface area (Å²) in [4.78, 5) is 7.43. The van der Waals surface area contributed by atoms with Crippen LogP contribution in [-0.4, -0.2) is 23.0 Å². The molecule has 1 aliphatic rings. The van der Waals surface area contributed by atoms with E-state index in [0.29, 0.717) is 5.92 Å². The molecule has 26 heavy (non-hydrogen) atoms. The van der Waals surface area contributed by atoms with Crippen molar-refractivity contribution in [3.63, 3.8) is 0 Å². The first-order chi connectivity index (χ1) is 12.6. The highest BCUT2D eigenvalue weighted by atomic mass is 79.9. The Hall–Kier alpha value is -1.43. The van der Waals surface area contributed by atoms with Crippen LogP contribution in [0.4, 0.5) is 0 Å². The Kier molecular flexibility index (Phi) is 5.30. The van der Waals surface area contributed by atoms with E-state index in [4.69, 9.17) is 9.40 Å². The summed E-state index contributed by atoms with van der Waals surface area (Å²) in [6.45, 7) is 7.28. The van der Waals surface area contributed by atoms with Crippen LogP contribution in [0.5, 0.6) is 0 Å². The van der Waals surface area contributed by atoms with Crippen molar-refractivity contribution < 1.29 is 4.42 Å². The SMILES string of the molecule is Cc1cc(CN2CCC(c3nc(-c4cccc(Br)c4)cs3)CC2)oc1C. The summed E-state index contributed by atoms with van der Waals surface area (Å²) in [5, 5.41) is 3.47. The van der Waals surface area contributed by atoms with Crippen molar-refractivity contribution in [2.45, 2.75) is 39.2 Å². The molecule has 2 aromatic heterocycles. The van der Waals surface area contributed by atoms with Gasteiger partial charge in [-0.15, -0.1) is 11.3 Å². The van der Waals surface area contributed by atoms with Gasteiger partial charge in [0.1, 0.15) is 11.5 Å². The molecule has 1 saturated heterocycles. The topological polar surface area (TPSA) is 29.3 Å². The Morgan fingerprint density at radius 2 is 2.04 bits per heavy atom. The molecule has 3 nitrogen and oxygen atoms in total. The normalized spacial score (nSPS) is 16.3. The minimum absolute atomic E-state index is 0.581. The first kappa shape index (κ1) is 18.0. The zero-order chi connectivity index (χ0) is 18.1. The summed E-state index contributed by atoms with van der Waals surface area (Å²) in [6, 6.07) is 10.5. The lowest BCUT2D eigenvalue weighted by molar-refractivity contribution is 0.190. The van der Waals surface area contributed by atoms with Crippen molar-refractivity contribution in [2.24, 2.45) is 0 Å². The van der Waals surface area contributed by atoms with Crippen LogP contribution in [0.3, 0.4) is 0 Å². The number of hydrogen-bond donors (Lipinski definition) is 0. The van der Waals surface area contributed by atoms with Gasteiger partial charge in [-0.3, -0.25) is 4.90 Å². The molecule has 3 heterocycles. The zero-order valence-electron chi connectivity index (χ0n) is 15.2. The van der Waals surface area contributed by atoms with Gasteiger partial charge in [0.15, 0.2) is 0 Å². The molecule has 1 fully saturated rings. The van der Waals surface area contributed by atoms with Crippen LogP contribution in [0.25, 0.3) is 11.3 Å². The quantitative estimate of drug-likeness (QED) is 0.495. The maximum Gasteiger partial charge on any atom is 0.118 e. The Morgan fingerprint density at radius 3 is 2.73 bits per heavy atom. The van der Waals surface area contributed by atoms with Crippen molar-refractivity contribution >= 4 is 27.3 Å². The molecule has 0 saturated carbocycles. The molecule has 0 N–H and O–H groups in total. The van der Waals surface area contributed by atoms with Gasteiger partial charge in [0, 0.05) is 21.3 Å². The van der Waals surface area contributed by atoms with Gasteiger partial charge in [0.25, 0.3) is 0 Å². The molecule has 1 aromatic carbocycles. The molecule has 0 bridgehead atoms. The van der Waals surface area contributed by atoms with E-state index in [1.54, 1.807) is 11.3 Å². The largest absolute Gasteiger partial charge is 0.465 e. The number of piperidine rings is 1. The third-order valence-electron chi connectivity index (χ3n) is 5.18. The summed E-state index contributed by atoms with van der Waals surface area (Å²) in [6.07, 6.45) is 2.34. The molecule has 0 amide bonds. The van der Waals surface area contributed by atoms with E-state index < -0.39 is 0 Å². The van der Waals surface area contributed by atoms with E-state index in [1.165, 1.54) is 29.0 Å². The average Bonchev–Trinajstić information content (AvgIpc) is 3.23. The lowest BCUT2D eigenvalue weighted by atomic mass is 9.97. The Balaban J connectivity index is 1.37. The fraction of sp³-hybridized carbons (Fsp3) is 0.381. The van der Waals surface area contributed by atoms with Gasteiger partial charge in [-0.2, -0.15) is 0 Å². The predicted octanol–water partition coefficient (Wildman–Crippen LogP) is 6.16. The van der Waals surface area contributed by atoms with Gasteiger partial charge in [0.2, 0.25) is 0 Å². The summed E-state index contributed by atoms with van der Waals surface area (Å²) < 4.78 is 6.93. The number of aryl methyl sites for hydroxylation is 2. The van der Waals surface area contributed by atoms with E-state index in [0.717, 1.165) is 41.3 Å². The maximum absolute atomic E-state index is 5.83. The number of halogens is 1. The number of hydrogen-bond acceptors (Lipinski definition) is 4. The van der Waals surface area contributed by atoms with Gasteiger partial charge in [0.05, 0.1) is 17.2 Å². The van der Waals surface area contributed by atoms with Gasteiger partial charge in [-0.25, -0.2) is 4.98 Å². The molecular formula is C21H23BrN2OS. The van der Waals surface area contributed by atoms with E-state index >= 15 is 0 Å². The maximum atomic E-state index is 5.83. The fourth-order valence-electron chi connectivity index (χ4n) is 3.54. The number of likely N-dealkylation sites (tertiary alicyclic amines) is 1. The number of furan rings is 1. The van der Waals surface area contributed by atoms with Gasteiger partial charge < -0.3 is 4.42 Å². The van der Waals surface area contributed by atoms with Crippen molar-refractivity contribution in [3.05, 3.63) is 62.3 Å². The minimum atomic E-state index is 0.581. The standard InChI is InChI=1S/C21H23BrN2OS/c1-14-10-19(25-15(14)2)12-24-8-6-16(7-9-24)21-23-20(13-26-21)17-4-3-5-18(22)11-17/h3-5,10-11,13,16H,6-9,12H2,1-2H3. The molecule has 0 spiro atoms. The summed E-state index contributed by atoms with van der Waals surface area (Å²) in [5.74, 6) is 2.71. The fourth-order valence-corrected chi connectivity index (χ4v) is 4.94. The number of nitrogens with zero attached hydrogens (tertiary/aromatic N) is 2. The van der Waals surface area contributed by atoms with Crippen LogP contribution in [-0.2, 0) is 6.54 Å². The highest BCUT2D eigenvalue weighted by Gasteiger charge is 2.24. The van der Waals surface area contributed by atoms with Gasteiger partial charge in [-0.1, -0.05) is 28.1 Å². The van der Waals surface area contributed by atoms with Crippen LogP contribution < -0.4 is 0 Å². The molecule has 3 aromatic rings. The monoisotopic (exact) mass is 430 g/mol. The molecule has 0 radical (unpaired) electrons. The summed E-state index contributed by atoms with van der Waals surface area (Å²) in [7, 11) is 0. The molecule has 0 atom stereocenters. The van der Waals surface area contributed by atoms with Crippen molar-refractivity contribution in [1.82, 2.24) is 9.88 Å². The van der Waals surface area contributed by atoms with Gasteiger partial charge >= 0.3 is 0 Å². The molecule has 5 heteroatoms. The Labute approximate surface area is 167 Å². The lowest BCUT2D eigenvalue weighted by Crippen LogP contribution is -2.32. The predicted molar refractivity (Wildman–Crippen MR) is 111 cm³/mol. The molecule has 1 aliphatic heterocycles. The van der Waals surface area contributed by atoms with Crippen LogP contribution >= 0.6 is 27.3 Å². The molecule has 4 rings (SSSR count). The Bertz CT molecular complexity index is 874. The van der Waals surface area contributed by atoms with Crippen LogP contribution in [0, 0.1) is 13.8 Å². The van der Waals surface area contributed by atoms with Crippen molar-refractivity contribution in [2.75, 3.05) is 13.1 Å². The van der Waals surface area contributed by atoms with Gasteiger partial charge in [-0.05, 0) is 63.5 Å². The Morgan fingerprint density at radius 1 is 1.23 bits per heavy atom. The van der Waals surface area contributed by atoms with E-state index in [-0.39, 0.29) is 0 Å². The van der Waals surface area contributed by atoms with E-state index in [9.17, 15) is 0 Å². The smallest absolute Gasteiger partial charge is 0.118 e. The van der Waals surface area contributed by atoms with Crippen LogP contribution in [0.1, 0.15) is 40.9 Å². The molecule has 136 valence electrons. The number of rotatable bonds is 4. The highest BCUT2D eigenvalue weighted by Crippen LogP contribution is 2.34. The lowest BCUT2D eigenvalue weighted by Gasteiger charge is -2.30. The second-order valence-corrected chi connectivity index (χ2v) is 8.89. The zero-order valence-corrected chi connectivity index (χ0v) is 17.6. The third-order valence-corrected chi connectivity index (χ3v) is 6.68. The summed E-state index contributed by atoms with van der Waals surface area (Å²) >= 11 is 5.35. The van der Waals surface area contributed by atoms with Crippen molar-refractivity contribution in [3.8, 4) is 11.3 Å². The second-order valence-electron chi connectivity index (χ2n) is 7.08. The molecule has 0 unspecified atom stereocenters. The first-order valence-electron chi connectivity index (χ1n) is 9.08. The summed E-state index contributed by atoms with van der Waals surface area (Å²) in [5.41, 5.74) is 3.52. The highest BCUT2D eigenvalue weighted by molar-refractivity contribution is 9.10. The third kappa shape index (κ3) is 3.95.